The van der Waals surface area contributed by atoms with Gasteiger partial charge in [0.25, 0.3) is 0 Å². The summed E-state index contributed by atoms with van der Waals surface area (Å²) in [6.45, 7) is 8.27. The van der Waals surface area contributed by atoms with Crippen molar-refractivity contribution in [3.63, 3.8) is 0 Å². The van der Waals surface area contributed by atoms with Gasteiger partial charge in [0.1, 0.15) is 0 Å². The van der Waals surface area contributed by atoms with Gasteiger partial charge in [0.05, 0.1) is 0 Å². The van der Waals surface area contributed by atoms with Crippen LogP contribution in [-0.4, -0.2) is 61.7 Å². The van der Waals surface area contributed by atoms with Crippen LogP contribution in [-0.2, 0) is 6.42 Å². The summed E-state index contributed by atoms with van der Waals surface area (Å²) in [7, 11) is 0. The van der Waals surface area contributed by atoms with Crippen molar-refractivity contribution in [3.8, 4) is 0 Å². The molecule has 0 aliphatic carbocycles. The average molecular weight is 398 g/mol. The predicted molar refractivity (Wildman–Crippen MR) is 119 cm³/mol. The van der Waals surface area contributed by atoms with Crippen LogP contribution >= 0.6 is 11.6 Å². The highest BCUT2D eigenvalue weighted by molar-refractivity contribution is 6.30. The Morgan fingerprint density at radius 1 is 0.893 bits per heavy atom. The molecule has 0 aromatic heterocycles. The Bertz CT molecular complexity index is 728. The van der Waals surface area contributed by atoms with Crippen LogP contribution in [0.5, 0.6) is 0 Å². The average Bonchev–Trinajstić information content (AvgIpc) is 2.75. The number of aryl methyl sites for hydroxylation is 1. The van der Waals surface area contributed by atoms with Crippen LogP contribution in [0.3, 0.4) is 0 Å². The van der Waals surface area contributed by atoms with Crippen molar-refractivity contribution < 1.29 is 0 Å². The third-order valence-electron chi connectivity index (χ3n) is 6.27. The van der Waals surface area contributed by atoms with E-state index in [0.717, 1.165) is 37.2 Å². The van der Waals surface area contributed by atoms with Crippen molar-refractivity contribution in [1.29, 1.82) is 0 Å². The van der Waals surface area contributed by atoms with Crippen molar-refractivity contribution in [2.24, 2.45) is 0 Å². The van der Waals surface area contributed by atoms with E-state index in [9.17, 15) is 0 Å². The second-order valence-corrected chi connectivity index (χ2v) is 8.63. The maximum absolute atomic E-state index is 6.17. The molecule has 2 fully saturated rings. The monoisotopic (exact) mass is 397 g/mol. The van der Waals surface area contributed by atoms with Crippen LogP contribution < -0.4 is 4.90 Å². The number of benzene rings is 2. The molecular weight excluding hydrogens is 366 g/mol. The van der Waals surface area contributed by atoms with Gasteiger partial charge in [0.2, 0.25) is 0 Å². The van der Waals surface area contributed by atoms with E-state index in [1.54, 1.807) is 0 Å². The van der Waals surface area contributed by atoms with Gasteiger partial charge >= 0.3 is 0 Å². The molecule has 2 aromatic carbocycles. The molecular formula is C24H32ClN3. The largest absolute Gasteiger partial charge is 0.369 e. The van der Waals surface area contributed by atoms with Crippen LogP contribution in [0.1, 0.15) is 24.8 Å². The van der Waals surface area contributed by atoms with Gasteiger partial charge < -0.3 is 9.80 Å². The number of nitrogens with zero attached hydrogens (tertiary/aromatic N) is 3. The lowest BCUT2D eigenvalue weighted by atomic mass is 10.0. The molecule has 0 amide bonds. The Kier molecular flexibility index (Phi) is 6.90. The summed E-state index contributed by atoms with van der Waals surface area (Å²) in [6, 6.07) is 19.9. The lowest BCUT2D eigenvalue weighted by Gasteiger charge is -2.44. The highest BCUT2D eigenvalue weighted by atomic mass is 35.5. The Morgan fingerprint density at radius 3 is 2.50 bits per heavy atom. The van der Waals surface area contributed by atoms with E-state index in [1.807, 2.05) is 6.07 Å². The summed E-state index contributed by atoms with van der Waals surface area (Å²) in [4.78, 5) is 7.90. The van der Waals surface area contributed by atoms with E-state index in [2.05, 4.69) is 63.2 Å². The first kappa shape index (κ1) is 19.8. The minimum absolute atomic E-state index is 0.729. The SMILES string of the molecule is Clc1cccc(N2CCN(C3CCCN(CCCc4ccccc4)C3)CC2)c1. The smallest absolute Gasteiger partial charge is 0.0426 e. The summed E-state index contributed by atoms with van der Waals surface area (Å²) < 4.78 is 0. The molecule has 28 heavy (non-hydrogen) atoms. The fraction of sp³-hybridized carbons (Fsp3) is 0.500. The molecule has 0 spiro atoms. The van der Waals surface area contributed by atoms with Crippen LogP contribution in [0.25, 0.3) is 0 Å². The van der Waals surface area contributed by atoms with Gasteiger partial charge in [-0.15, -0.1) is 0 Å². The van der Waals surface area contributed by atoms with Gasteiger partial charge in [-0.3, -0.25) is 4.90 Å². The second kappa shape index (κ2) is 9.78. The first-order valence-corrected chi connectivity index (χ1v) is 11.2. The van der Waals surface area contributed by atoms with E-state index >= 15 is 0 Å². The standard InChI is InChI=1S/C24H32ClN3/c25-22-10-4-11-23(19-22)27-15-17-28(18-16-27)24-12-6-14-26(20-24)13-5-9-21-7-2-1-3-8-21/h1-4,7-8,10-11,19,24H,5-6,9,12-18,20H2. The quantitative estimate of drug-likeness (QED) is 0.707. The molecule has 2 aliphatic heterocycles. The number of likely N-dealkylation sites (tertiary alicyclic amines) is 1. The fourth-order valence-corrected chi connectivity index (χ4v) is 4.89. The number of halogens is 1. The molecule has 2 aliphatic rings. The zero-order valence-corrected chi connectivity index (χ0v) is 17.5. The first-order chi connectivity index (χ1) is 13.8. The number of rotatable bonds is 6. The molecule has 2 aromatic rings. The molecule has 1 atom stereocenters. The van der Waals surface area contributed by atoms with Gasteiger partial charge in [-0.1, -0.05) is 48.0 Å². The molecule has 2 saturated heterocycles. The minimum Gasteiger partial charge on any atom is -0.369 e. The normalized spacial score (nSPS) is 21.8. The minimum atomic E-state index is 0.729. The summed E-state index contributed by atoms with van der Waals surface area (Å²) in [5.41, 5.74) is 2.73. The lowest BCUT2D eigenvalue weighted by Crippen LogP contribution is -2.55. The number of hydrogen-bond acceptors (Lipinski definition) is 3. The molecule has 1 unspecified atom stereocenters. The van der Waals surface area contributed by atoms with Crippen molar-refractivity contribution in [1.82, 2.24) is 9.80 Å². The number of anilines is 1. The van der Waals surface area contributed by atoms with Gasteiger partial charge in [0, 0.05) is 49.5 Å². The van der Waals surface area contributed by atoms with Crippen LogP contribution in [0.4, 0.5) is 5.69 Å². The van der Waals surface area contributed by atoms with E-state index in [4.69, 9.17) is 11.6 Å². The molecule has 4 heteroatoms. The molecule has 0 radical (unpaired) electrons. The third-order valence-corrected chi connectivity index (χ3v) is 6.50. The van der Waals surface area contributed by atoms with Crippen LogP contribution in [0, 0.1) is 0 Å². The van der Waals surface area contributed by atoms with Crippen molar-refractivity contribution in [2.45, 2.75) is 31.7 Å². The molecule has 150 valence electrons. The van der Waals surface area contributed by atoms with Crippen LogP contribution in [0.2, 0.25) is 5.02 Å². The highest BCUT2D eigenvalue weighted by Crippen LogP contribution is 2.23. The predicted octanol–water partition coefficient (Wildman–Crippen LogP) is 4.56. The van der Waals surface area contributed by atoms with E-state index in [1.165, 1.54) is 56.6 Å². The Morgan fingerprint density at radius 2 is 1.71 bits per heavy atom. The first-order valence-electron chi connectivity index (χ1n) is 10.8. The third kappa shape index (κ3) is 5.28. The summed E-state index contributed by atoms with van der Waals surface area (Å²) in [5.74, 6) is 0. The molecule has 3 nitrogen and oxygen atoms in total. The summed E-state index contributed by atoms with van der Waals surface area (Å²) >= 11 is 6.17. The topological polar surface area (TPSA) is 9.72 Å². The summed E-state index contributed by atoms with van der Waals surface area (Å²) in [5, 5.41) is 0.832. The van der Waals surface area contributed by atoms with Crippen molar-refractivity contribution in [2.75, 3.05) is 50.7 Å². The molecule has 4 rings (SSSR count). The maximum atomic E-state index is 6.17. The fourth-order valence-electron chi connectivity index (χ4n) is 4.70. The Labute approximate surface area is 174 Å². The van der Waals surface area contributed by atoms with E-state index in [-0.39, 0.29) is 0 Å². The Balaban J connectivity index is 1.22. The number of piperazine rings is 1. The molecule has 0 bridgehead atoms. The maximum Gasteiger partial charge on any atom is 0.0426 e. The second-order valence-electron chi connectivity index (χ2n) is 8.19. The zero-order chi connectivity index (χ0) is 19.2. The van der Waals surface area contributed by atoms with Gasteiger partial charge in [0.15, 0.2) is 0 Å². The van der Waals surface area contributed by atoms with Crippen molar-refractivity contribution in [3.05, 3.63) is 65.2 Å². The zero-order valence-electron chi connectivity index (χ0n) is 16.8. The van der Waals surface area contributed by atoms with Crippen molar-refractivity contribution >= 4 is 17.3 Å². The lowest BCUT2D eigenvalue weighted by molar-refractivity contribution is 0.0920. The van der Waals surface area contributed by atoms with E-state index < -0.39 is 0 Å². The number of piperidine rings is 1. The van der Waals surface area contributed by atoms with Gasteiger partial charge in [-0.25, -0.2) is 0 Å². The Hall–Kier alpha value is -1.55. The molecule has 2 heterocycles. The highest BCUT2D eigenvalue weighted by Gasteiger charge is 2.28. The molecule has 0 N–H and O–H groups in total. The molecule has 0 saturated carbocycles. The van der Waals surface area contributed by atoms with Gasteiger partial charge in [-0.05, 0) is 62.5 Å². The van der Waals surface area contributed by atoms with Gasteiger partial charge in [-0.2, -0.15) is 0 Å². The number of hydrogen-bond donors (Lipinski definition) is 0. The van der Waals surface area contributed by atoms with E-state index in [0.29, 0.717) is 0 Å². The summed E-state index contributed by atoms with van der Waals surface area (Å²) in [6.07, 6.45) is 5.15. The van der Waals surface area contributed by atoms with Crippen LogP contribution in [0.15, 0.2) is 54.6 Å².